The maximum Gasteiger partial charge on any atom is 0.0646 e. The molecule has 1 aromatic heterocycles. The summed E-state index contributed by atoms with van der Waals surface area (Å²) >= 11 is 0. The lowest BCUT2D eigenvalue weighted by molar-refractivity contribution is -0.118. The molecule has 4 bridgehead atoms. The van der Waals surface area contributed by atoms with Crippen LogP contribution in [-0.2, 0) is 11.3 Å². The smallest absolute Gasteiger partial charge is 0.0646 e. The fraction of sp³-hybridized carbons (Fsp3) is 0.571. The summed E-state index contributed by atoms with van der Waals surface area (Å²) in [4.78, 5) is 0. The SMILES string of the molecule is CC12CC3CC(C)(C1)CC(NCCOCCn1c4ccccc4c4ccccc41)(C3)C2. The molecule has 0 aliphatic heterocycles. The number of aromatic nitrogens is 1. The Balaban J connectivity index is 1.07. The molecule has 2 unspecified atom stereocenters. The largest absolute Gasteiger partial charge is 0.378 e. The monoisotopic (exact) mass is 416 g/mol. The van der Waals surface area contributed by atoms with Crippen molar-refractivity contribution in [1.82, 2.24) is 9.88 Å². The van der Waals surface area contributed by atoms with Crippen molar-refractivity contribution in [1.29, 1.82) is 0 Å². The highest BCUT2D eigenvalue weighted by atomic mass is 16.5. The zero-order valence-electron chi connectivity index (χ0n) is 19.1. The van der Waals surface area contributed by atoms with Gasteiger partial charge in [-0.2, -0.15) is 0 Å². The Kier molecular flexibility index (Phi) is 4.53. The van der Waals surface area contributed by atoms with Crippen molar-refractivity contribution in [3.63, 3.8) is 0 Å². The van der Waals surface area contributed by atoms with Gasteiger partial charge in [0.1, 0.15) is 0 Å². The second-order valence-corrected chi connectivity index (χ2v) is 11.6. The molecule has 4 aliphatic carbocycles. The summed E-state index contributed by atoms with van der Waals surface area (Å²) in [5.41, 5.74) is 4.12. The van der Waals surface area contributed by atoms with Gasteiger partial charge in [-0.15, -0.1) is 0 Å². The first-order chi connectivity index (χ1) is 15.0. The van der Waals surface area contributed by atoms with E-state index >= 15 is 0 Å². The molecule has 3 aromatic rings. The van der Waals surface area contributed by atoms with Gasteiger partial charge in [0.05, 0.1) is 13.2 Å². The Morgan fingerprint density at radius 3 is 2.06 bits per heavy atom. The molecule has 0 amide bonds. The lowest BCUT2D eigenvalue weighted by atomic mass is 9.43. The summed E-state index contributed by atoms with van der Waals surface area (Å²) in [5.74, 6) is 0.940. The first-order valence-electron chi connectivity index (χ1n) is 12.3. The molecule has 3 heteroatoms. The topological polar surface area (TPSA) is 26.2 Å². The van der Waals surface area contributed by atoms with Gasteiger partial charge in [-0.25, -0.2) is 0 Å². The van der Waals surface area contributed by atoms with Crippen LogP contribution in [0.25, 0.3) is 21.8 Å². The summed E-state index contributed by atoms with van der Waals surface area (Å²) in [6.07, 6.45) is 8.48. The third-order valence-electron chi connectivity index (χ3n) is 8.51. The number of ether oxygens (including phenoxy) is 1. The minimum atomic E-state index is 0.374. The fourth-order valence-corrected chi connectivity index (χ4v) is 8.54. The number of benzene rings is 2. The molecule has 0 radical (unpaired) electrons. The van der Waals surface area contributed by atoms with Crippen LogP contribution < -0.4 is 5.32 Å². The molecule has 0 spiro atoms. The second kappa shape index (κ2) is 7.08. The van der Waals surface area contributed by atoms with Crippen LogP contribution in [0.15, 0.2) is 48.5 Å². The van der Waals surface area contributed by atoms with Gasteiger partial charge in [0, 0.05) is 40.4 Å². The summed E-state index contributed by atoms with van der Waals surface area (Å²) in [6, 6.07) is 17.4. The quantitative estimate of drug-likeness (QED) is 0.468. The highest BCUT2D eigenvalue weighted by Gasteiger charge is 2.59. The maximum absolute atomic E-state index is 6.14. The number of hydrogen-bond acceptors (Lipinski definition) is 2. The van der Waals surface area contributed by atoms with Gasteiger partial charge in [0.25, 0.3) is 0 Å². The van der Waals surface area contributed by atoms with E-state index in [0.29, 0.717) is 16.4 Å². The van der Waals surface area contributed by atoms with Crippen LogP contribution in [0.5, 0.6) is 0 Å². The molecule has 7 rings (SSSR count). The summed E-state index contributed by atoms with van der Waals surface area (Å²) < 4.78 is 8.55. The first kappa shape index (κ1) is 19.8. The molecule has 4 fully saturated rings. The maximum atomic E-state index is 6.14. The minimum absolute atomic E-state index is 0.374. The molecule has 3 nitrogen and oxygen atoms in total. The van der Waals surface area contributed by atoms with Crippen molar-refractivity contribution in [2.45, 2.75) is 64.5 Å². The van der Waals surface area contributed by atoms with E-state index in [1.165, 1.54) is 60.3 Å². The van der Waals surface area contributed by atoms with Crippen molar-refractivity contribution in [2.75, 3.05) is 19.8 Å². The van der Waals surface area contributed by atoms with E-state index in [0.717, 1.165) is 32.2 Å². The van der Waals surface area contributed by atoms with Crippen molar-refractivity contribution in [3.8, 4) is 0 Å². The molecular weight excluding hydrogens is 380 g/mol. The summed E-state index contributed by atoms with van der Waals surface area (Å²) in [5, 5.41) is 6.67. The molecule has 1 heterocycles. The van der Waals surface area contributed by atoms with Crippen LogP contribution in [0.4, 0.5) is 0 Å². The standard InChI is InChI=1S/C28H36N2O/c1-26-15-21-16-27(2,18-26)20-28(17-21,19-26)29-11-13-31-14-12-30-24-9-5-3-7-22(24)23-8-4-6-10-25(23)30/h3-10,21,29H,11-20H2,1-2H3. The average molecular weight is 417 g/mol. The highest BCUT2D eigenvalue weighted by molar-refractivity contribution is 6.07. The molecule has 4 saturated carbocycles. The first-order valence-corrected chi connectivity index (χ1v) is 12.3. The number of rotatable bonds is 7. The van der Waals surface area contributed by atoms with E-state index in [4.69, 9.17) is 4.74 Å². The van der Waals surface area contributed by atoms with Crippen LogP contribution in [0, 0.1) is 16.7 Å². The molecule has 1 N–H and O–H groups in total. The predicted molar refractivity (Wildman–Crippen MR) is 128 cm³/mol. The molecule has 164 valence electrons. The zero-order valence-corrected chi connectivity index (χ0v) is 19.1. The lowest BCUT2D eigenvalue weighted by Gasteiger charge is -2.65. The number of para-hydroxylation sites is 2. The Morgan fingerprint density at radius 1 is 0.839 bits per heavy atom. The van der Waals surface area contributed by atoms with Crippen molar-refractivity contribution in [2.24, 2.45) is 16.7 Å². The zero-order chi connectivity index (χ0) is 21.1. The van der Waals surface area contributed by atoms with Crippen molar-refractivity contribution >= 4 is 21.8 Å². The van der Waals surface area contributed by atoms with Crippen LogP contribution in [0.1, 0.15) is 52.4 Å². The Morgan fingerprint density at radius 2 is 1.45 bits per heavy atom. The molecular formula is C28H36N2O. The number of nitrogens with zero attached hydrogens (tertiary/aromatic N) is 1. The third kappa shape index (κ3) is 3.41. The highest BCUT2D eigenvalue weighted by Crippen LogP contribution is 2.66. The minimum Gasteiger partial charge on any atom is -0.378 e. The van der Waals surface area contributed by atoms with Gasteiger partial charge in [-0.05, 0) is 67.4 Å². The van der Waals surface area contributed by atoms with Crippen LogP contribution >= 0.6 is 0 Å². The van der Waals surface area contributed by atoms with E-state index in [2.05, 4.69) is 72.3 Å². The van der Waals surface area contributed by atoms with Crippen LogP contribution in [0.3, 0.4) is 0 Å². The predicted octanol–water partition coefficient (Wildman–Crippen LogP) is 6.15. The van der Waals surface area contributed by atoms with Crippen LogP contribution in [-0.4, -0.2) is 29.9 Å². The van der Waals surface area contributed by atoms with Gasteiger partial charge < -0.3 is 14.6 Å². The van der Waals surface area contributed by atoms with Crippen molar-refractivity contribution in [3.05, 3.63) is 48.5 Å². The van der Waals surface area contributed by atoms with Gasteiger partial charge in [0.2, 0.25) is 0 Å². The molecule has 2 atom stereocenters. The molecule has 0 saturated heterocycles. The van der Waals surface area contributed by atoms with E-state index in [9.17, 15) is 0 Å². The van der Waals surface area contributed by atoms with E-state index in [-0.39, 0.29) is 0 Å². The number of nitrogens with one attached hydrogen (secondary N) is 1. The third-order valence-corrected chi connectivity index (χ3v) is 8.51. The van der Waals surface area contributed by atoms with Crippen molar-refractivity contribution < 1.29 is 4.74 Å². The lowest BCUT2D eigenvalue weighted by Crippen LogP contribution is -2.64. The Bertz CT molecular complexity index is 1040. The van der Waals surface area contributed by atoms with Gasteiger partial charge in [-0.1, -0.05) is 50.2 Å². The molecule has 4 aliphatic rings. The normalized spacial score (nSPS) is 34.2. The van der Waals surface area contributed by atoms with E-state index in [1.54, 1.807) is 0 Å². The van der Waals surface area contributed by atoms with Gasteiger partial charge >= 0.3 is 0 Å². The summed E-state index contributed by atoms with van der Waals surface area (Å²) in [6.45, 7) is 8.54. The van der Waals surface area contributed by atoms with E-state index in [1.807, 2.05) is 0 Å². The fourth-order valence-electron chi connectivity index (χ4n) is 8.54. The Hall–Kier alpha value is -1.84. The second-order valence-electron chi connectivity index (χ2n) is 11.6. The van der Waals surface area contributed by atoms with Crippen LogP contribution in [0.2, 0.25) is 0 Å². The van der Waals surface area contributed by atoms with Gasteiger partial charge in [-0.3, -0.25) is 0 Å². The number of hydrogen-bond donors (Lipinski definition) is 1. The number of fused-ring (bicyclic) bond motifs is 3. The Labute approximate surface area is 186 Å². The van der Waals surface area contributed by atoms with Gasteiger partial charge in [0.15, 0.2) is 0 Å². The summed E-state index contributed by atoms with van der Waals surface area (Å²) in [7, 11) is 0. The molecule has 31 heavy (non-hydrogen) atoms. The average Bonchev–Trinajstić information content (AvgIpc) is 3.02. The van der Waals surface area contributed by atoms with E-state index < -0.39 is 0 Å². The molecule has 2 aromatic carbocycles.